The fourth-order valence-electron chi connectivity index (χ4n) is 4.59. The molecule has 2 fully saturated rings. The number of para-hydroxylation sites is 1. The number of nitrogens with one attached hydrogen (secondary N) is 1. The number of piperidine rings is 1. The number of carbonyl (C=O) groups excluding carboxylic acids is 1. The van der Waals surface area contributed by atoms with Crippen LogP contribution in [0.1, 0.15) is 45.3 Å². The molecule has 1 N–H and O–H groups in total. The molecule has 32 heavy (non-hydrogen) atoms. The van der Waals surface area contributed by atoms with Crippen molar-refractivity contribution in [2.75, 3.05) is 26.2 Å². The lowest BCUT2D eigenvalue weighted by Gasteiger charge is -2.58. The molecule has 0 radical (unpaired) electrons. The lowest BCUT2D eigenvalue weighted by molar-refractivity contribution is -0.153. The van der Waals surface area contributed by atoms with Crippen LogP contribution in [-0.4, -0.2) is 59.0 Å². The van der Waals surface area contributed by atoms with Crippen molar-refractivity contribution >= 4 is 17.0 Å². The van der Waals surface area contributed by atoms with Crippen LogP contribution in [-0.2, 0) is 4.74 Å². The van der Waals surface area contributed by atoms with E-state index in [2.05, 4.69) is 15.3 Å². The first-order chi connectivity index (χ1) is 15.0. The molecule has 10 heteroatoms. The highest BCUT2D eigenvalue weighted by Gasteiger charge is 2.57. The SMILES string of the molecule is CC(C)(C)OC(=O)N1CC2(CCNCC2)C1c1ncnc2c(OCC(F)(F)F)cccc12. The van der Waals surface area contributed by atoms with E-state index in [0.29, 0.717) is 23.1 Å². The number of hydrogen-bond acceptors (Lipinski definition) is 6. The van der Waals surface area contributed by atoms with E-state index in [9.17, 15) is 18.0 Å². The maximum Gasteiger partial charge on any atom is 0.422 e. The third-order valence-corrected chi connectivity index (χ3v) is 5.91. The minimum atomic E-state index is -4.46. The van der Waals surface area contributed by atoms with Crippen molar-refractivity contribution in [3.8, 4) is 5.75 Å². The van der Waals surface area contributed by atoms with Crippen LogP contribution in [0.3, 0.4) is 0 Å². The van der Waals surface area contributed by atoms with Gasteiger partial charge in [0, 0.05) is 17.3 Å². The average molecular weight is 452 g/mol. The molecule has 4 rings (SSSR count). The third kappa shape index (κ3) is 4.46. The molecule has 1 unspecified atom stereocenters. The monoisotopic (exact) mass is 452 g/mol. The maximum absolute atomic E-state index is 13.0. The lowest BCUT2D eigenvalue weighted by atomic mass is 9.64. The van der Waals surface area contributed by atoms with Crippen molar-refractivity contribution in [2.45, 2.75) is 51.4 Å². The van der Waals surface area contributed by atoms with Gasteiger partial charge < -0.3 is 14.8 Å². The highest BCUT2D eigenvalue weighted by molar-refractivity contribution is 5.87. The maximum atomic E-state index is 13.0. The van der Waals surface area contributed by atoms with E-state index in [0.717, 1.165) is 25.9 Å². The fourth-order valence-corrected chi connectivity index (χ4v) is 4.59. The molecule has 1 atom stereocenters. The molecule has 2 aliphatic rings. The standard InChI is InChI=1S/C22H27F3N4O3/c1-20(2,3)32-19(30)29-11-21(7-9-26-10-8-21)18(29)17-14-5-4-6-15(16(14)27-13-28-17)31-12-22(23,24)25/h4-6,13,18,26H,7-12H2,1-3H3. The molecule has 2 saturated heterocycles. The summed E-state index contributed by atoms with van der Waals surface area (Å²) in [4.78, 5) is 23.3. The van der Waals surface area contributed by atoms with Crippen molar-refractivity contribution in [3.05, 3.63) is 30.2 Å². The first-order valence-corrected chi connectivity index (χ1v) is 10.6. The molecule has 0 aliphatic carbocycles. The van der Waals surface area contributed by atoms with Crippen LogP contribution < -0.4 is 10.1 Å². The van der Waals surface area contributed by atoms with E-state index in [-0.39, 0.29) is 17.2 Å². The summed E-state index contributed by atoms with van der Waals surface area (Å²) in [6.07, 6.45) is -1.86. The second-order valence-corrected chi connectivity index (χ2v) is 9.44. The van der Waals surface area contributed by atoms with Crippen molar-refractivity contribution in [1.82, 2.24) is 20.2 Å². The van der Waals surface area contributed by atoms with Gasteiger partial charge in [-0.05, 0) is 52.8 Å². The van der Waals surface area contributed by atoms with Gasteiger partial charge in [-0.2, -0.15) is 13.2 Å². The Hall–Kier alpha value is -2.62. The Morgan fingerprint density at radius 3 is 2.59 bits per heavy atom. The second kappa shape index (κ2) is 8.06. The van der Waals surface area contributed by atoms with Crippen LogP contribution in [0.15, 0.2) is 24.5 Å². The summed E-state index contributed by atoms with van der Waals surface area (Å²) < 4.78 is 48.7. The highest BCUT2D eigenvalue weighted by atomic mass is 19.4. The van der Waals surface area contributed by atoms with Gasteiger partial charge in [0.2, 0.25) is 0 Å². The molecule has 1 spiro atoms. The van der Waals surface area contributed by atoms with Gasteiger partial charge in [-0.15, -0.1) is 0 Å². The number of hydrogen-bond donors (Lipinski definition) is 1. The minimum Gasteiger partial charge on any atom is -0.482 e. The summed E-state index contributed by atoms with van der Waals surface area (Å²) in [6, 6.07) is 4.47. The second-order valence-electron chi connectivity index (χ2n) is 9.44. The van der Waals surface area contributed by atoms with Gasteiger partial charge in [0.25, 0.3) is 0 Å². The van der Waals surface area contributed by atoms with Gasteiger partial charge >= 0.3 is 12.3 Å². The van der Waals surface area contributed by atoms with E-state index < -0.39 is 24.5 Å². The highest BCUT2D eigenvalue weighted by Crippen LogP contribution is 2.55. The van der Waals surface area contributed by atoms with Gasteiger partial charge in [0.15, 0.2) is 6.61 Å². The number of nitrogens with zero attached hydrogens (tertiary/aromatic N) is 3. The van der Waals surface area contributed by atoms with Crippen molar-refractivity contribution in [1.29, 1.82) is 0 Å². The summed E-state index contributed by atoms with van der Waals surface area (Å²) >= 11 is 0. The van der Waals surface area contributed by atoms with E-state index in [1.165, 1.54) is 12.4 Å². The number of rotatable bonds is 3. The smallest absolute Gasteiger partial charge is 0.422 e. The summed E-state index contributed by atoms with van der Waals surface area (Å²) in [5.74, 6) is 0.0333. The van der Waals surface area contributed by atoms with Crippen LogP contribution in [0.4, 0.5) is 18.0 Å². The molecular weight excluding hydrogens is 425 g/mol. The molecule has 0 bridgehead atoms. The largest absolute Gasteiger partial charge is 0.482 e. The third-order valence-electron chi connectivity index (χ3n) is 5.91. The number of ether oxygens (including phenoxy) is 2. The van der Waals surface area contributed by atoms with Gasteiger partial charge in [-0.25, -0.2) is 14.8 Å². The van der Waals surface area contributed by atoms with Crippen LogP contribution in [0.25, 0.3) is 10.9 Å². The van der Waals surface area contributed by atoms with E-state index in [1.54, 1.807) is 17.0 Å². The first-order valence-electron chi connectivity index (χ1n) is 10.6. The Morgan fingerprint density at radius 2 is 1.94 bits per heavy atom. The van der Waals surface area contributed by atoms with Gasteiger partial charge in [0.1, 0.15) is 23.2 Å². The lowest BCUT2D eigenvalue weighted by Crippen LogP contribution is -2.64. The first kappa shape index (κ1) is 22.6. The minimum absolute atomic E-state index is 0.0333. The predicted octanol–water partition coefficient (Wildman–Crippen LogP) is 4.23. The molecular formula is C22H27F3N4O3. The van der Waals surface area contributed by atoms with Gasteiger partial charge in [-0.3, -0.25) is 4.90 Å². The Labute approximate surface area is 184 Å². The van der Waals surface area contributed by atoms with Crippen LogP contribution in [0.5, 0.6) is 5.75 Å². The molecule has 1 aromatic heterocycles. The van der Waals surface area contributed by atoms with Gasteiger partial charge in [0.05, 0.1) is 11.7 Å². The zero-order chi connectivity index (χ0) is 23.1. The summed E-state index contributed by atoms with van der Waals surface area (Å²) in [7, 11) is 0. The number of likely N-dealkylation sites (tertiary alicyclic amines) is 1. The number of aromatic nitrogens is 2. The van der Waals surface area contributed by atoms with E-state index in [4.69, 9.17) is 9.47 Å². The Morgan fingerprint density at radius 1 is 1.22 bits per heavy atom. The predicted molar refractivity (Wildman–Crippen MR) is 111 cm³/mol. The molecule has 1 amide bonds. The Kier molecular flexibility index (Phi) is 5.68. The van der Waals surface area contributed by atoms with E-state index >= 15 is 0 Å². The Bertz CT molecular complexity index is 1000. The van der Waals surface area contributed by atoms with Crippen LogP contribution in [0, 0.1) is 5.41 Å². The number of halogens is 3. The zero-order valence-electron chi connectivity index (χ0n) is 18.3. The molecule has 174 valence electrons. The summed E-state index contributed by atoms with van der Waals surface area (Å²) in [5.41, 5.74) is 0.0743. The number of fused-ring (bicyclic) bond motifs is 1. The number of amides is 1. The van der Waals surface area contributed by atoms with Gasteiger partial charge in [-0.1, -0.05) is 12.1 Å². The summed E-state index contributed by atoms with van der Waals surface area (Å²) in [5, 5.41) is 3.92. The van der Waals surface area contributed by atoms with E-state index in [1.807, 2.05) is 20.8 Å². The van der Waals surface area contributed by atoms with Crippen molar-refractivity contribution in [3.63, 3.8) is 0 Å². The number of benzene rings is 1. The fraction of sp³-hybridized carbons (Fsp3) is 0.591. The topological polar surface area (TPSA) is 76.6 Å². The number of alkyl halides is 3. The molecule has 2 aliphatic heterocycles. The molecule has 2 aromatic rings. The normalized spacial score (nSPS) is 20.8. The molecule has 1 aromatic carbocycles. The molecule has 3 heterocycles. The van der Waals surface area contributed by atoms with Crippen LogP contribution in [0.2, 0.25) is 0 Å². The van der Waals surface area contributed by atoms with Crippen molar-refractivity contribution in [2.24, 2.45) is 5.41 Å². The quantitative estimate of drug-likeness (QED) is 0.751. The summed E-state index contributed by atoms with van der Waals surface area (Å²) in [6.45, 7) is 6.21. The molecule has 7 nitrogen and oxygen atoms in total. The Balaban J connectivity index is 1.74. The number of carbonyl (C=O) groups is 1. The van der Waals surface area contributed by atoms with Crippen LogP contribution >= 0.6 is 0 Å². The zero-order valence-corrected chi connectivity index (χ0v) is 18.3. The molecule has 0 saturated carbocycles. The average Bonchev–Trinajstić information content (AvgIpc) is 2.69. The van der Waals surface area contributed by atoms with Crippen molar-refractivity contribution < 1.29 is 27.4 Å².